The van der Waals surface area contributed by atoms with E-state index in [0.29, 0.717) is 0 Å². The minimum atomic E-state index is -0.219. The highest BCUT2D eigenvalue weighted by atomic mass is 32.1. The van der Waals surface area contributed by atoms with Crippen molar-refractivity contribution < 1.29 is 9.84 Å². The fourth-order valence-electron chi connectivity index (χ4n) is 1.62. The molecule has 0 aliphatic carbocycles. The van der Waals surface area contributed by atoms with Crippen LogP contribution >= 0.6 is 11.3 Å². The molecule has 0 aliphatic heterocycles. The normalized spacial score (nSPS) is 12.9. The van der Waals surface area contributed by atoms with Crippen molar-refractivity contribution >= 4 is 11.3 Å². The van der Waals surface area contributed by atoms with Gasteiger partial charge >= 0.3 is 0 Å². The second-order valence-electron chi connectivity index (χ2n) is 3.92. The van der Waals surface area contributed by atoms with Gasteiger partial charge in [-0.1, -0.05) is 6.92 Å². The number of hydrogen-bond donors (Lipinski definition) is 1. The number of thiophene rings is 1. The van der Waals surface area contributed by atoms with Gasteiger partial charge in [-0.25, -0.2) is 0 Å². The van der Waals surface area contributed by atoms with Crippen LogP contribution in [0.3, 0.4) is 0 Å². The fourth-order valence-corrected chi connectivity index (χ4v) is 2.65. The monoisotopic (exact) mass is 242 g/mol. The summed E-state index contributed by atoms with van der Waals surface area (Å²) in [6, 6.07) is 4.29. The molecule has 16 heavy (non-hydrogen) atoms. The topological polar surface area (TPSA) is 29.5 Å². The summed E-state index contributed by atoms with van der Waals surface area (Å²) in [5.41, 5.74) is 0. The number of aryl methyl sites for hydroxylation is 1. The molecular weight excluding hydrogens is 220 g/mol. The van der Waals surface area contributed by atoms with Crippen LogP contribution in [0.5, 0.6) is 0 Å². The van der Waals surface area contributed by atoms with E-state index in [4.69, 9.17) is 4.74 Å². The highest BCUT2D eigenvalue weighted by Gasteiger charge is 2.07. The van der Waals surface area contributed by atoms with Gasteiger partial charge in [-0.05, 0) is 38.3 Å². The van der Waals surface area contributed by atoms with E-state index in [1.54, 1.807) is 0 Å². The van der Waals surface area contributed by atoms with E-state index in [9.17, 15) is 5.11 Å². The number of aliphatic hydroxyl groups excluding tert-OH is 1. The van der Waals surface area contributed by atoms with E-state index < -0.39 is 0 Å². The lowest BCUT2D eigenvalue weighted by Gasteiger charge is -2.08. The van der Waals surface area contributed by atoms with Gasteiger partial charge in [-0.2, -0.15) is 0 Å². The molecule has 1 rings (SSSR count). The van der Waals surface area contributed by atoms with Crippen molar-refractivity contribution in [2.45, 2.75) is 45.6 Å². The van der Waals surface area contributed by atoms with Gasteiger partial charge in [-0.3, -0.25) is 0 Å². The molecule has 0 spiro atoms. The molecule has 0 saturated heterocycles. The molecule has 2 nitrogen and oxygen atoms in total. The summed E-state index contributed by atoms with van der Waals surface area (Å²) in [7, 11) is 0. The lowest BCUT2D eigenvalue weighted by molar-refractivity contribution is 0.114. The first-order valence-electron chi connectivity index (χ1n) is 6.09. The van der Waals surface area contributed by atoms with Gasteiger partial charge in [0, 0.05) is 29.4 Å². The lowest BCUT2D eigenvalue weighted by Crippen LogP contribution is -2.10. The van der Waals surface area contributed by atoms with E-state index in [0.717, 1.165) is 38.9 Å². The number of rotatable bonds is 8. The molecule has 1 aromatic rings. The van der Waals surface area contributed by atoms with E-state index in [1.165, 1.54) is 9.75 Å². The summed E-state index contributed by atoms with van der Waals surface area (Å²) in [5.74, 6) is 0. The van der Waals surface area contributed by atoms with Gasteiger partial charge in [0.25, 0.3) is 0 Å². The maximum absolute atomic E-state index is 9.84. The molecule has 3 heteroatoms. The van der Waals surface area contributed by atoms with Gasteiger partial charge < -0.3 is 9.84 Å². The van der Waals surface area contributed by atoms with Crippen molar-refractivity contribution in [1.29, 1.82) is 0 Å². The summed E-state index contributed by atoms with van der Waals surface area (Å²) in [4.78, 5) is 2.69. The van der Waals surface area contributed by atoms with Crippen molar-refractivity contribution in [3.05, 3.63) is 21.9 Å². The van der Waals surface area contributed by atoms with Crippen LogP contribution in [0.4, 0.5) is 0 Å². The Morgan fingerprint density at radius 2 is 2.06 bits per heavy atom. The van der Waals surface area contributed by atoms with Crippen LogP contribution < -0.4 is 0 Å². The zero-order valence-electron chi connectivity index (χ0n) is 10.2. The predicted molar refractivity (Wildman–Crippen MR) is 69.1 cm³/mol. The Morgan fingerprint density at radius 3 is 2.69 bits per heavy atom. The van der Waals surface area contributed by atoms with Crippen LogP contribution in [0.25, 0.3) is 0 Å². The Balaban J connectivity index is 2.20. The summed E-state index contributed by atoms with van der Waals surface area (Å²) in [5, 5.41) is 9.84. The maximum atomic E-state index is 9.84. The predicted octanol–water partition coefficient (Wildman–Crippen LogP) is 3.03. The van der Waals surface area contributed by atoms with Crippen molar-refractivity contribution in [2.24, 2.45) is 0 Å². The van der Waals surface area contributed by atoms with E-state index in [-0.39, 0.29) is 6.10 Å². The summed E-state index contributed by atoms with van der Waals surface area (Å²) in [6.07, 6.45) is 3.44. The third kappa shape index (κ3) is 5.10. The molecule has 0 saturated carbocycles. The molecule has 0 amide bonds. The number of aliphatic hydroxyl groups is 1. The van der Waals surface area contributed by atoms with Gasteiger partial charge in [0.1, 0.15) is 0 Å². The minimum absolute atomic E-state index is 0.219. The molecular formula is C13H22O2S. The summed E-state index contributed by atoms with van der Waals surface area (Å²) in [6.45, 7) is 5.68. The Hall–Kier alpha value is -0.380. The van der Waals surface area contributed by atoms with Crippen molar-refractivity contribution in [2.75, 3.05) is 13.2 Å². The number of ether oxygens (including phenoxy) is 1. The van der Waals surface area contributed by atoms with Crippen molar-refractivity contribution in [3.8, 4) is 0 Å². The van der Waals surface area contributed by atoms with Crippen LogP contribution in [0.2, 0.25) is 0 Å². The lowest BCUT2D eigenvalue weighted by atomic mass is 10.1. The molecule has 1 N–H and O–H groups in total. The summed E-state index contributed by atoms with van der Waals surface area (Å²) >= 11 is 1.81. The van der Waals surface area contributed by atoms with Crippen LogP contribution in [-0.2, 0) is 17.6 Å². The largest absolute Gasteiger partial charge is 0.393 e. The van der Waals surface area contributed by atoms with Crippen LogP contribution in [0.1, 0.15) is 36.4 Å². The van der Waals surface area contributed by atoms with Gasteiger partial charge in [0.2, 0.25) is 0 Å². The van der Waals surface area contributed by atoms with Gasteiger partial charge in [-0.15, -0.1) is 11.3 Å². The Morgan fingerprint density at radius 1 is 1.31 bits per heavy atom. The maximum Gasteiger partial charge on any atom is 0.0589 e. The molecule has 0 radical (unpaired) electrons. The molecule has 0 fully saturated rings. The highest BCUT2D eigenvalue weighted by Crippen LogP contribution is 2.19. The molecule has 1 heterocycles. The first-order chi connectivity index (χ1) is 7.76. The van der Waals surface area contributed by atoms with Crippen LogP contribution in [0.15, 0.2) is 12.1 Å². The second-order valence-corrected chi connectivity index (χ2v) is 5.17. The average Bonchev–Trinajstić information content (AvgIpc) is 2.72. The third-order valence-electron chi connectivity index (χ3n) is 2.53. The minimum Gasteiger partial charge on any atom is -0.393 e. The zero-order chi connectivity index (χ0) is 11.8. The Labute approximate surface area is 102 Å². The standard InChI is InChI=1S/C13H22O2S/c1-3-12-7-8-13(16-12)10-11(14)6-5-9-15-4-2/h7-8,11,14H,3-6,9-10H2,1-2H3. The first kappa shape index (κ1) is 13.7. The fraction of sp³-hybridized carbons (Fsp3) is 0.692. The molecule has 0 aromatic carbocycles. The van der Waals surface area contributed by atoms with E-state index >= 15 is 0 Å². The van der Waals surface area contributed by atoms with E-state index in [2.05, 4.69) is 19.1 Å². The molecule has 0 bridgehead atoms. The molecule has 92 valence electrons. The Kier molecular flexibility index (Phi) is 6.69. The smallest absolute Gasteiger partial charge is 0.0589 e. The van der Waals surface area contributed by atoms with Gasteiger partial charge in [0.15, 0.2) is 0 Å². The molecule has 1 unspecified atom stereocenters. The average molecular weight is 242 g/mol. The molecule has 1 atom stereocenters. The van der Waals surface area contributed by atoms with Crippen molar-refractivity contribution in [1.82, 2.24) is 0 Å². The highest BCUT2D eigenvalue weighted by molar-refractivity contribution is 7.11. The number of hydrogen-bond acceptors (Lipinski definition) is 3. The van der Waals surface area contributed by atoms with Crippen LogP contribution in [0, 0.1) is 0 Å². The zero-order valence-corrected chi connectivity index (χ0v) is 11.1. The third-order valence-corrected chi connectivity index (χ3v) is 3.78. The molecule has 1 aromatic heterocycles. The molecule has 0 aliphatic rings. The summed E-state index contributed by atoms with van der Waals surface area (Å²) < 4.78 is 5.25. The first-order valence-corrected chi connectivity index (χ1v) is 6.91. The van der Waals surface area contributed by atoms with E-state index in [1.807, 2.05) is 18.3 Å². The quantitative estimate of drug-likeness (QED) is 0.710. The SMILES string of the molecule is CCOCCCC(O)Cc1ccc(CC)s1. The second kappa shape index (κ2) is 7.82. The Bertz CT molecular complexity index is 283. The van der Waals surface area contributed by atoms with Crippen molar-refractivity contribution in [3.63, 3.8) is 0 Å². The van der Waals surface area contributed by atoms with Gasteiger partial charge in [0.05, 0.1) is 6.10 Å². The van der Waals surface area contributed by atoms with Crippen LogP contribution in [-0.4, -0.2) is 24.4 Å².